The number of carboxylic acids is 3. The second-order valence-corrected chi connectivity index (χ2v) is 11.6. The van der Waals surface area contributed by atoms with Gasteiger partial charge in [0, 0.05) is 51.7 Å². The third kappa shape index (κ3) is 30.2. The van der Waals surface area contributed by atoms with Gasteiger partial charge >= 0.3 is 17.9 Å². The summed E-state index contributed by atoms with van der Waals surface area (Å²) >= 11 is 0. The summed E-state index contributed by atoms with van der Waals surface area (Å²) in [7, 11) is 0. The lowest BCUT2D eigenvalue weighted by Crippen LogP contribution is -2.27. The largest absolute Gasteiger partial charge is 0.481 e. The van der Waals surface area contributed by atoms with E-state index in [1.54, 1.807) is 6.92 Å². The Labute approximate surface area is 278 Å². The third-order valence-electron chi connectivity index (χ3n) is 7.33. The van der Waals surface area contributed by atoms with E-state index in [2.05, 4.69) is 5.32 Å². The molecule has 1 amide bonds. The first-order chi connectivity index (χ1) is 22.5. The highest BCUT2D eigenvalue weighted by atomic mass is 16.6. The number of ether oxygens (including phenoxy) is 4. The minimum absolute atomic E-state index is 0.00961. The van der Waals surface area contributed by atoms with E-state index in [4.69, 9.17) is 29.2 Å². The smallest absolute Gasteiger partial charge is 0.306 e. The van der Waals surface area contributed by atoms with Crippen molar-refractivity contribution < 1.29 is 63.0 Å². The number of unbranched alkanes of at least 4 members (excludes halogenated alkanes) is 4. The standard InChI is InChI=1S/C33H57NO13/c1-26(32(40)41)9-6-7-16-34-30(37)14-13-27(33(42)43)25-29(36)15-18-45-20-22-47-24-23-46-21-19-44-17-8-11-28(35)10-4-2-3-5-12-31(38)39/h26-27H,2-25H2,1H3,(H,34,37)(H,38,39)(H,40,41)(H,42,43)/t26-,27+/m0/s1. The van der Waals surface area contributed by atoms with Crippen LogP contribution in [0.4, 0.5) is 0 Å². The van der Waals surface area contributed by atoms with Crippen molar-refractivity contribution in [2.75, 3.05) is 59.4 Å². The van der Waals surface area contributed by atoms with E-state index in [9.17, 15) is 33.9 Å². The van der Waals surface area contributed by atoms with Crippen molar-refractivity contribution in [3.63, 3.8) is 0 Å². The summed E-state index contributed by atoms with van der Waals surface area (Å²) in [4.78, 5) is 68.8. The highest BCUT2D eigenvalue weighted by molar-refractivity contribution is 5.84. The molecule has 0 saturated carbocycles. The van der Waals surface area contributed by atoms with Crippen molar-refractivity contribution in [1.29, 1.82) is 0 Å². The maximum absolute atomic E-state index is 12.2. The van der Waals surface area contributed by atoms with Gasteiger partial charge in [0.1, 0.15) is 11.6 Å². The molecular formula is C33H57NO13. The molecule has 0 aromatic heterocycles. The molecule has 2 atom stereocenters. The lowest BCUT2D eigenvalue weighted by atomic mass is 9.96. The van der Waals surface area contributed by atoms with E-state index in [-0.39, 0.29) is 62.8 Å². The SMILES string of the molecule is C[C@@H](CCCCNC(=O)CC[C@H](CC(=O)CCOCCOCCOCCOCCCC(=O)CCCCCCC(=O)O)C(=O)O)C(=O)O. The van der Waals surface area contributed by atoms with Crippen molar-refractivity contribution >= 4 is 35.4 Å². The van der Waals surface area contributed by atoms with E-state index >= 15 is 0 Å². The van der Waals surface area contributed by atoms with Crippen molar-refractivity contribution in [2.24, 2.45) is 11.8 Å². The van der Waals surface area contributed by atoms with Crippen LogP contribution in [-0.2, 0) is 47.7 Å². The van der Waals surface area contributed by atoms with E-state index in [0.29, 0.717) is 91.1 Å². The second kappa shape index (κ2) is 30.4. The predicted molar refractivity (Wildman–Crippen MR) is 171 cm³/mol. The van der Waals surface area contributed by atoms with Crippen LogP contribution < -0.4 is 5.32 Å². The Kier molecular flexibility index (Phi) is 28.5. The van der Waals surface area contributed by atoms with Gasteiger partial charge in [0.2, 0.25) is 5.91 Å². The number of amides is 1. The average molecular weight is 676 g/mol. The number of carbonyl (C=O) groups excluding carboxylic acids is 3. The zero-order valence-electron chi connectivity index (χ0n) is 28.0. The fourth-order valence-electron chi connectivity index (χ4n) is 4.41. The molecule has 0 heterocycles. The zero-order chi connectivity index (χ0) is 35.1. The number of aliphatic carboxylic acids is 3. The second-order valence-electron chi connectivity index (χ2n) is 11.6. The van der Waals surface area contributed by atoms with Gasteiger partial charge in [-0.3, -0.25) is 28.8 Å². The number of carbonyl (C=O) groups is 6. The summed E-state index contributed by atoms with van der Waals surface area (Å²) in [6.07, 6.45) is 6.74. The average Bonchev–Trinajstić information content (AvgIpc) is 3.02. The van der Waals surface area contributed by atoms with Crippen LogP contribution in [0.3, 0.4) is 0 Å². The number of hydrogen-bond donors (Lipinski definition) is 4. The number of hydrogen-bond acceptors (Lipinski definition) is 10. The maximum atomic E-state index is 12.2. The maximum Gasteiger partial charge on any atom is 0.306 e. The monoisotopic (exact) mass is 675 g/mol. The fraction of sp³-hybridized carbons (Fsp3) is 0.818. The highest BCUT2D eigenvalue weighted by Crippen LogP contribution is 2.14. The van der Waals surface area contributed by atoms with Gasteiger partial charge in [-0.15, -0.1) is 0 Å². The van der Waals surface area contributed by atoms with Gasteiger partial charge in [0.15, 0.2) is 0 Å². The Morgan fingerprint density at radius 2 is 1.09 bits per heavy atom. The van der Waals surface area contributed by atoms with Crippen molar-refractivity contribution in [1.82, 2.24) is 5.32 Å². The molecule has 0 aromatic carbocycles. The van der Waals surface area contributed by atoms with E-state index in [0.717, 1.165) is 19.3 Å². The summed E-state index contributed by atoms with van der Waals surface area (Å²) in [6.45, 7) is 4.81. The molecule has 0 spiro atoms. The molecule has 4 N–H and O–H groups in total. The molecule has 0 bridgehead atoms. The minimum atomic E-state index is -1.13. The molecule has 0 aliphatic carbocycles. The van der Waals surface area contributed by atoms with Crippen molar-refractivity contribution in [3.05, 3.63) is 0 Å². The molecule has 0 radical (unpaired) electrons. The molecule has 0 aliphatic heterocycles. The predicted octanol–water partition coefficient (Wildman–Crippen LogP) is 3.66. The van der Waals surface area contributed by atoms with Crippen LogP contribution in [0.25, 0.3) is 0 Å². The van der Waals surface area contributed by atoms with Gasteiger partial charge in [-0.05, 0) is 38.5 Å². The van der Waals surface area contributed by atoms with Crippen LogP contribution in [-0.4, -0.2) is 110 Å². The van der Waals surface area contributed by atoms with E-state index in [1.165, 1.54) is 0 Å². The topological polar surface area (TPSA) is 212 Å². The summed E-state index contributed by atoms with van der Waals surface area (Å²) in [5, 5.41) is 29.6. The summed E-state index contributed by atoms with van der Waals surface area (Å²) in [5.41, 5.74) is 0. The Hall–Kier alpha value is -2.94. The van der Waals surface area contributed by atoms with Crippen molar-refractivity contribution in [2.45, 2.75) is 103 Å². The minimum Gasteiger partial charge on any atom is -0.481 e. The Bertz CT molecular complexity index is 896. The molecule has 0 aliphatic rings. The van der Waals surface area contributed by atoms with E-state index < -0.39 is 29.7 Å². The van der Waals surface area contributed by atoms with Gasteiger partial charge in [0.25, 0.3) is 0 Å². The van der Waals surface area contributed by atoms with Crippen LogP contribution >= 0.6 is 0 Å². The molecule has 14 nitrogen and oxygen atoms in total. The molecule has 0 unspecified atom stereocenters. The van der Waals surface area contributed by atoms with Gasteiger partial charge in [-0.2, -0.15) is 0 Å². The number of rotatable bonds is 35. The Morgan fingerprint density at radius 3 is 1.66 bits per heavy atom. The molecular weight excluding hydrogens is 618 g/mol. The fourth-order valence-corrected chi connectivity index (χ4v) is 4.41. The quantitative estimate of drug-likeness (QED) is 0.0707. The van der Waals surface area contributed by atoms with Crippen LogP contribution in [0.15, 0.2) is 0 Å². The first kappa shape index (κ1) is 44.1. The lowest BCUT2D eigenvalue weighted by molar-refractivity contribution is -0.144. The third-order valence-corrected chi connectivity index (χ3v) is 7.33. The molecule has 272 valence electrons. The van der Waals surface area contributed by atoms with Gasteiger partial charge in [0.05, 0.1) is 58.1 Å². The molecule has 0 aromatic rings. The number of Topliss-reactive ketones (excluding diaryl/α,β-unsaturated/α-hetero) is 2. The number of ketones is 2. The van der Waals surface area contributed by atoms with Crippen molar-refractivity contribution in [3.8, 4) is 0 Å². The summed E-state index contributed by atoms with van der Waals surface area (Å²) in [5.74, 6) is -4.49. The molecule has 0 saturated heterocycles. The molecule has 14 heteroatoms. The normalized spacial score (nSPS) is 12.4. The molecule has 0 rings (SSSR count). The Balaban J connectivity index is 3.62. The van der Waals surface area contributed by atoms with Crippen LogP contribution in [0.5, 0.6) is 0 Å². The van der Waals surface area contributed by atoms with Crippen LogP contribution in [0.1, 0.15) is 103 Å². The Morgan fingerprint density at radius 1 is 0.532 bits per heavy atom. The summed E-state index contributed by atoms with van der Waals surface area (Å²) in [6, 6.07) is 0. The number of carboxylic acid groups (broad SMARTS) is 3. The van der Waals surface area contributed by atoms with Gasteiger partial charge < -0.3 is 39.6 Å². The first-order valence-corrected chi connectivity index (χ1v) is 16.8. The van der Waals surface area contributed by atoms with Gasteiger partial charge in [-0.1, -0.05) is 26.2 Å². The van der Waals surface area contributed by atoms with Gasteiger partial charge in [-0.25, -0.2) is 0 Å². The highest BCUT2D eigenvalue weighted by Gasteiger charge is 2.22. The number of nitrogens with one attached hydrogen (secondary N) is 1. The summed E-state index contributed by atoms with van der Waals surface area (Å²) < 4.78 is 21.7. The zero-order valence-corrected chi connectivity index (χ0v) is 28.0. The lowest BCUT2D eigenvalue weighted by Gasteiger charge is -2.12. The molecule has 0 fully saturated rings. The van der Waals surface area contributed by atoms with Crippen LogP contribution in [0, 0.1) is 11.8 Å². The van der Waals surface area contributed by atoms with Crippen LogP contribution in [0.2, 0.25) is 0 Å². The first-order valence-electron chi connectivity index (χ1n) is 16.8. The molecule has 47 heavy (non-hydrogen) atoms. The van der Waals surface area contributed by atoms with E-state index in [1.807, 2.05) is 0 Å².